The van der Waals surface area contributed by atoms with Gasteiger partial charge in [-0.05, 0) is 0 Å². The van der Waals surface area contributed by atoms with Gasteiger partial charge in [0.15, 0.2) is 0 Å². The summed E-state index contributed by atoms with van der Waals surface area (Å²) in [5.74, 6) is 0. The number of aliphatic hydroxyl groups excluding tert-OH is 1. The van der Waals surface area contributed by atoms with E-state index in [1.165, 1.54) is 0 Å². The van der Waals surface area contributed by atoms with E-state index in [0.29, 0.717) is 0 Å². The van der Waals surface area contributed by atoms with Gasteiger partial charge in [-0.3, -0.25) is 0 Å². The Labute approximate surface area is 49.2 Å². The van der Waals surface area contributed by atoms with E-state index in [-0.39, 0.29) is 0 Å². The zero-order valence-electron chi connectivity index (χ0n) is 5.09. The molecule has 0 unspecified atom stereocenters. The summed E-state index contributed by atoms with van der Waals surface area (Å²) in [7, 11) is 1.00. The molecule has 1 fully saturated rings. The second-order valence-corrected chi connectivity index (χ2v) is 1.22. The van der Waals surface area contributed by atoms with E-state index in [9.17, 15) is 0 Å². The Hall–Kier alpha value is -0.120. The lowest BCUT2D eigenvalue weighted by Gasteiger charge is -2.09. The van der Waals surface area contributed by atoms with Crippen molar-refractivity contribution in [2.45, 2.75) is 0 Å². The molecule has 1 rings (SSSR count). The van der Waals surface area contributed by atoms with Crippen molar-refractivity contribution in [3.05, 3.63) is 0 Å². The molecule has 3 heteroatoms. The van der Waals surface area contributed by atoms with Crippen LogP contribution in [0.3, 0.4) is 0 Å². The molecule has 0 radical (unpaired) electrons. The minimum absolute atomic E-state index is 0.778. The van der Waals surface area contributed by atoms with Gasteiger partial charge >= 0.3 is 0 Å². The molecule has 1 aliphatic rings. The maximum Gasteiger partial charge on any atom is 0.0701 e. The van der Waals surface area contributed by atoms with Crippen molar-refractivity contribution in [1.29, 1.82) is 0 Å². The SMILES string of the molecule is C1COCCO1.CO. The molecule has 0 aromatic carbocycles. The summed E-state index contributed by atoms with van der Waals surface area (Å²) < 4.78 is 9.89. The summed E-state index contributed by atoms with van der Waals surface area (Å²) in [5.41, 5.74) is 0. The first-order valence-electron chi connectivity index (χ1n) is 2.60. The summed E-state index contributed by atoms with van der Waals surface area (Å²) in [6.45, 7) is 3.11. The fourth-order valence-corrected chi connectivity index (χ4v) is 0.440. The van der Waals surface area contributed by atoms with Gasteiger partial charge in [0.05, 0.1) is 26.4 Å². The zero-order chi connectivity index (χ0) is 6.24. The van der Waals surface area contributed by atoms with E-state index in [1.54, 1.807) is 0 Å². The van der Waals surface area contributed by atoms with E-state index >= 15 is 0 Å². The second kappa shape index (κ2) is 6.88. The van der Waals surface area contributed by atoms with Crippen molar-refractivity contribution in [2.75, 3.05) is 33.5 Å². The number of rotatable bonds is 0. The van der Waals surface area contributed by atoms with Gasteiger partial charge in [0, 0.05) is 7.11 Å². The van der Waals surface area contributed by atoms with Gasteiger partial charge in [0.2, 0.25) is 0 Å². The molecule has 3 nitrogen and oxygen atoms in total. The number of ether oxygens (including phenoxy) is 2. The number of hydrogen-bond donors (Lipinski definition) is 1. The molecule has 1 aliphatic heterocycles. The molecule has 1 N–H and O–H groups in total. The van der Waals surface area contributed by atoms with Crippen LogP contribution in [0.2, 0.25) is 0 Å². The molecule has 0 saturated carbocycles. The van der Waals surface area contributed by atoms with Crippen molar-refractivity contribution in [2.24, 2.45) is 0 Å². The maximum atomic E-state index is 7.00. The van der Waals surface area contributed by atoms with Crippen LogP contribution in [0.15, 0.2) is 0 Å². The third-order valence-corrected chi connectivity index (χ3v) is 0.744. The molecule has 0 amide bonds. The van der Waals surface area contributed by atoms with Crippen molar-refractivity contribution < 1.29 is 14.6 Å². The molecule has 0 aromatic heterocycles. The average molecular weight is 120 g/mol. The molecular weight excluding hydrogens is 108 g/mol. The molecular formula is C5H12O3. The third kappa shape index (κ3) is 4.05. The Morgan fingerprint density at radius 1 is 0.875 bits per heavy atom. The highest BCUT2D eigenvalue weighted by Crippen LogP contribution is 1.85. The van der Waals surface area contributed by atoms with Crippen LogP contribution in [0.4, 0.5) is 0 Å². The van der Waals surface area contributed by atoms with E-state index in [1.807, 2.05) is 0 Å². The van der Waals surface area contributed by atoms with E-state index in [2.05, 4.69) is 0 Å². The van der Waals surface area contributed by atoms with Crippen LogP contribution in [-0.4, -0.2) is 38.6 Å². The normalized spacial score (nSPS) is 18.8. The predicted octanol–water partition coefficient (Wildman–Crippen LogP) is -0.358. The van der Waals surface area contributed by atoms with Crippen LogP contribution in [0.1, 0.15) is 0 Å². The maximum absolute atomic E-state index is 7.00. The lowest BCUT2D eigenvalue weighted by Crippen LogP contribution is -2.16. The van der Waals surface area contributed by atoms with Gasteiger partial charge in [-0.25, -0.2) is 0 Å². The lowest BCUT2D eigenvalue weighted by atomic mass is 10.6. The number of hydrogen-bond acceptors (Lipinski definition) is 3. The smallest absolute Gasteiger partial charge is 0.0701 e. The number of aliphatic hydroxyl groups is 1. The Balaban J connectivity index is 0.000000222. The summed E-state index contributed by atoms with van der Waals surface area (Å²) in [5, 5.41) is 7.00. The average Bonchev–Trinajstić information content (AvgIpc) is 1.96. The largest absolute Gasteiger partial charge is 0.400 e. The second-order valence-electron chi connectivity index (χ2n) is 1.22. The Morgan fingerprint density at radius 2 is 1.12 bits per heavy atom. The summed E-state index contributed by atoms with van der Waals surface area (Å²) >= 11 is 0. The summed E-state index contributed by atoms with van der Waals surface area (Å²) in [6, 6.07) is 0. The van der Waals surface area contributed by atoms with Gasteiger partial charge in [-0.2, -0.15) is 0 Å². The first-order valence-corrected chi connectivity index (χ1v) is 2.60. The van der Waals surface area contributed by atoms with Crippen molar-refractivity contribution in [1.82, 2.24) is 0 Å². The van der Waals surface area contributed by atoms with Crippen LogP contribution in [0.25, 0.3) is 0 Å². The Bertz CT molecular complexity index is 23.1. The highest BCUT2D eigenvalue weighted by atomic mass is 16.6. The van der Waals surface area contributed by atoms with Gasteiger partial charge in [-0.15, -0.1) is 0 Å². The monoisotopic (exact) mass is 120 g/mol. The molecule has 0 aliphatic carbocycles. The molecule has 50 valence electrons. The van der Waals surface area contributed by atoms with E-state index < -0.39 is 0 Å². The van der Waals surface area contributed by atoms with Crippen molar-refractivity contribution in [3.63, 3.8) is 0 Å². The van der Waals surface area contributed by atoms with Crippen LogP contribution >= 0.6 is 0 Å². The summed E-state index contributed by atoms with van der Waals surface area (Å²) in [4.78, 5) is 0. The molecule has 0 bridgehead atoms. The fourth-order valence-electron chi connectivity index (χ4n) is 0.440. The Morgan fingerprint density at radius 3 is 1.25 bits per heavy atom. The van der Waals surface area contributed by atoms with Crippen LogP contribution in [-0.2, 0) is 9.47 Å². The molecule has 1 heterocycles. The summed E-state index contributed by atoms with van der Waals surface area (Å²) in [6.07, 6.45) is 0. The van der Waals surface area contributed by atoms with E-state index in [0.717, 1.165) is 33.5 Å². The quantitative estimate of drug-likeness (QED) is 0.474. The van der Waals surface area contributed by atoms with E-state index in [4.69, 9.17) is 14.6 Å². The van der Waals surface area contributed by atoms with Crippen LogP contribution in [0.5, 0.6) is 0 Å². The first-order chi connectivity index (χ1) is 4.00. The molecule has 0 aromatic rings. The molecule has 0 atom stereocenters. The van der Waals surface area contributed by atoms with Gasteiger partial charge in [-0.1, -0.05) is 0 Å². The van der Waals surface area contributed by atoms with Crippen LogP contribution < -0.4 is 0 Å². The standard InChI is InChI=1S/C4H8O2.CH4O/c1-2-6-4-3-5-1;1-2/h1-4H2;2H,1H3. The van der Waals surface area contributed by atoms with Crippen LogP contribution in [0, 0.1) is 0 Å². The lowest BCUT2D eigenvalue weighted by molar-refractivity contribution is -0.0334. The van der Waals surface area contributed by atoms with Gasteiger partial charge in [0.25, 0.3) is 0 Å². The molecule has 0 spiro atoms. The topological polar surface area (TPSA) is 38.7 Å². The minimum atomic E-state index is 0.778. The Kier molecular flexibility index (Phi) is 6.78. The molecule has 8 heavy (non-hydrogen) atoms. The third-order valence-electron chi connectivity index (χ3n) is 0.744. The highest BCUT2D eigenvalue weighted by molar-refractivity contribution is 4.37. The predicted molar refractivity (Wildman–Crippen MR) is 29.8 cm³/mol. The fraction of sp³-hybridized carbons (Fsp3) is 1.00. The van der Waals surface area contributed by atoms with Gasteiger partial charge in [0.1, 0.15) is 0 Å². The zero-order valence-corrected chi connectivity index (χ0v) is 5.09. The molecule has 1 saturated heterocycles. The highest BCUT2D eigenvalue weighted by Gasteiger charge is 1.94. The van der Waals surface area contributed by atoms with Crippen molar-refractivity contribution >= 4 is 0 Å². The van der Waals surface area contributed by atoms with Crippen molar-refractivity contribution in [3.8, 4) is 0 Å². The minimum Gasteiger partial charge on any atom is -0.400 e. The first kappa shape index (κ1) is 7.88. The van der Waals surface area contributed by atoms with Gasteiger partial charge < -0.3 is 14.6 Å².